The van der Waals surface area contributed by atoms with Crippen molar-refractivity contribution in [3.05, 3.63) is 40.1 Å². The molecule has 20 heavy (non-hydrogen) atoms. The van der Waals surface area contributed by atoms with Gasteiger partial charge in [-0.15, -0.1) is 0 Å². The number of anilines is 1. The van der Waals surface area contributed by atoms with Gasteiger partial charge < -0.3 is 10.5 Å². The Labute approximate surface area is 116 Å². The third-order valence-electron chi connectivity index (χ3n) is 2.97. The van der Waals surface area contributed by atoms with Gasteiger partial charge in [-0.25, -0.2) is 4.68 Å². The van der Waals surface area contributed by atoms with Crippen LogP contribution in [-0.4, -0.2) is 21.8 Å². The summed E-state index contributed by atoms with van der Waals surface area (Å²) >= 11 is 0. The van der Waals surface area contributed by atoms with E-state index in [4.69, 9.17) is 10.5 Å². The number of nitro groups is 1. The monoisotopic (exact) mass is 276 g/mol. The molecular weight excluding hydrogens is 260 g/mol. The molecule has 7 heteroatoms. The molecule has 0 atom stereocenters. The van der Waals surface area contributed by atoms with Crippen LogP contribution in [-0.2, 0) is 0 Å². The zero-order chi connectivity index (χ0) is 14.9. The van der Waals surface area contributed by atoms with Gasteiger partial charge >= 0.3 is 5.69 Å². The van der Waals surface area contributed by atoms with Crippen LogP contribution in [0.3, 0.4) is 0 Å². The van der Waals surface area contributed by atoms with E-state index >= 15 is 0 Å². The quantitative estimate of drug-likeness (QED) is 0.683. The number of rotatable bonds is 4. The molecule has 0 unspecified atom stereocenters. The van der Waals surface area contributed by atoms with Crippen molar-refractivity contribution in [2.24, 2.45) is 0 Å². The van der Waals surface area contributed by atoms with Crippen molar-refractivity contribution >= 4 is 11.5 Å². The molecule has 7 nitrogen and oxygen atoms in total. The highest BCUT2D eigenvalue weighted by Crippen LogP contribution is 2.33. The minimum absolute atomic E-state index is 0.0314. The first-order chi connectivity index (χ1) is 9.45. The van der Waals surface area contributed by atoms with Gasteiger partial charge in [-0.2, -0.15) is 5.10 Å². The van der Waals surface area contributed by atoms with Gasteiger partial charge in [-0.3, -0.25) is 10.1 Å². The number of aromatic nitrogens is 2. The van der Waals surface area contributed by atoms with E-state index in [1.54, 1.807) is 31.4 Å². The average molecular weight is 276 g/mol. The Kier molecular flexibility index (Phi) is 3.60. The molecule has 1 aromatic heterocycles. The zero-order valence-electron chi connectivity index (χ0n) is 11.5. The van der Waals surface area contributed by atoms with E-state index in [2.05, 4.69) is 5.10 Å². The minimum atomic E-state index is -0.488. The Hall–Kier alpha value is -2.57. The van der Waals surface area contributed by atoms with Crippen LogP contribution >= 0.6 is 0 Å². The van der Waals surface area contributed by atoms with Crippen molar-refractivity contribution in [3.8, 4) is 11.4 Å². The predicted molar refractivity (Wildman–Crippen MR) is 75.3 cm³/mol. The van der Waals surface area contributed by atoms with Gasteiger partial charge in [0.2, 0.25) is 5.82 Å². The average Bonchev–Trinajstić information content (AvgIpc) is 2.77. The smallest absolute Gasteiger partial charge is 0.334 e. The van der Waals surface area contributed by atoms with Crippen molar-refractivity contribution in [1.29, 1.82) is 0 Å². The van der Waals surface area contributed by atoms with Crippen LogP contribution in [0.15, 0.2) is 24.3 Å². The first-order valence-corrected chi connectivity index (χ1v) is 6.13. The van der Waals surface area contributed by atoms with E-state index < -0.39 is 4.92 Å². The van der Waals surface area contributed by atoms with Crippen LogP contribution in [0, 0.1) is 10.1 Å². The summed E-state index contributed by atoms with van der Waals surface area (Å²) < 4.78 is 6.45. The Morgan fingerprint density at radius 2 is 1.95 bits per heavy atom. The molecule has 106 valence electrons. The topological polar surface area (TPSA) is 96.2 Å². The van der Waals surface area contributed by atoms with Crippen LogP contribution in [0.25, 0.3) is 5.69 Å². The van der Waals surface area contributed by atoms with Crippen LogP contribution in [0.5, 0.6) is 5.75 Å². The van der Waals surface area contributed by atoms with Crippen molar-refractivity contribution in [2.75, 3.05) is 12.8 Å². The Morgan fingerprint density at radius 3 is 2.35 bits per heavy atom. The number of ether oxygens (including phenoxy) is 1. The molecule has 1 heterocycles. The number of methoxy groups -OCH3 is 1. The molecule has 0 spiro atoms. The number of hydrogen-bond acceptors (Lipinski definition) is 5. The third kappa shape index (κ3) is 2.29. The molecule has 0 saturated heterocycles. The highest BCUT2D eigenvalue weighted by molar-refractivity contribution is 5.61. The highest BCUT2D eigenvalue weighted by atomic mass is 16.6. The van der Waals surface area contributed by atoms with Crippen LogP contribution in [0.4, 0.5) is 11.5 Å². The Balaban J connectivity index is 2.56. The molecule has 0 saturated carbocycles. The van der Waals surface area contributed by atoms with E-state index in [1.807, 2.05) is 13.8 Å². The number of nitrogen functional groups attached to an aromatic ring is 1. The zero-order valence-corrected chi connectivity index (χ0v) is 11.5. The maximum Gasteiger partial charge on any atom is 0.334 e. The van der Waals surface area contributed by atoms with Crippen LogP contribution in [0.2, 0.25) is 0 Å². The van der Waals surface area contributed by atoms with E-state index in [-0.39, 0.29) is 17.4 Å². The van der Waals surface area contributed by atoms with Gasteiger partial charge in [0.25, 0.3) is 0 Å². The third-order valence-corrected chi connectivity index (χ3v) is 2.97. The molecular formula is C13H16N4O3. The highest BCUT2D eigenvalue weighted by Gasteiger charge is 2.28. The number of nitrogens with zero attached hydrogens (tertiary/aromatic N) is 3. The number of nitrogens with two attached hydrogens (primary N) is 1. The molecule has 0 aliphatic rings. The maximum absolute atomic E-state index is 11.1. The summed E-state index contributed by atoms with van der Waals surface area (Å²) in [4.78, 5) is 10.7. The lowest BCUT2D eigenvalue weighted by atomic mass is 10.1. The van der Waals surface area contributed by atoms with E-state index in [0.29, 0.717) is 17.1 Å². The molecule has 2 rings (SSSR count). The van der Waals surface area contributed by atoms with Crippen molar-refractivity contribution in [1.82, 2.24) is 9.78 Å². The molecule has 0 amide bonds. The summed E-state index contributed by atoms with van der Waals surface area (Å²) in [5, 5.41) is 15.4. The van der Waals surface area contributed by atoms with Crippen molar-refractivity contribution in [2.45, 2.75) is 19.8 Å². The molecule has 0 aliphatic heterocycles. The van der Waals surface area contributed by atoms with Gasteiger partial charge in [0.15, 0.2) is 0 Å². The standard InChI is InChI=1S/C13H16N4O3/c1-8(2)11-12(17(18)19)13(14)16(15-11)9-4-6-10(20-3)7-5-9/h4-8H,14H2,1-3H3. The molecule has 2 N–H and O–H groups in total. The van der Waals surface area contributed by atoms with Gasteiger partial charge in [0.1, 0.15) is 11.4 Å². The summed E-state index contributed by atoms with van der Waals surface area (Å²) in [6.45, 7) is 3.68. The summed E-state index contributed by atoms with van der Waals surface area (Å²) in [6.07, 6.45) is 0. The molecule has 1 aromatic carbocycles. The summed E-state index contributed by atoms with van der Waals surface area (Å²) in [5.74, 6) is 0.638. The molecule has 0 bridgehead atoms. The summed E-state index contributed by atoms with van der Waals surface area (Å²) in [5.41, 5.74) is 6.77. The first kappa shape index (κ1) is 13.9. The lowest BCUT2D eigenvalue weighted by molar-refractivity contribution is -0.384. The maximum atomic E-state index is 11.1. The second-order valence-electron chi connectivity index (χ2n) is 4.64. The minimum Gasteiger partial charge on any atom is -0.497 e. The second kappa shape index (κ2) is 5.20. The fourth-order valence-electron chi connectivity index (χ4n) is 1.94. The molecule has 0 aliphatic carbocycles. The van der Waals surface area contributed by atoms with E-state index in [1.165, 1.54) is 4.68 Å². The largest absolute Gasteiger partial charge is 0.497 e. The van der Waals surface area contributed by atoms with Gasteiger partial charge in [-0.1, -0.05) is 13.8 Å². The molecule has 0 radical (unpaired) electrons. The van der Waals surface area contributed by atoms with Crippen LogP contribution < -0.4 is 10.5 Å². The van der Waals surface area contributed by atoms with Crippen molar-refractivity contribution in [3.63, 3.8) is 0 Å². The van der Waals surface area contributed by atoms with Crippen molar-refractivity contribution < 1.29 is 9.66 Å². The van der Waals surface area contributed by atoms with Gasteiger partial charge in [0, 0.05) is 5.92 Å². The lowest BCUT2D eigenvalue weighted by Gasteiger charge is -2.04. The van der Waals surface area contributed by atoms with Gasteiger partial charge in [0.05, 0.1) is 17.7 Å². The summed E-state index contributed by atoms with van der Waals surface area (Å²) in [7, 11) is 1.57. The Morgan fingerprint density at radius 1 is 1.35 bits per heavy atom. The normalized spacial score (nSPS) is 10.8. The van der Waals surface area contributed by atoms with E-state index in [9.17, 15) is 10.1 Å². The second-order valence-corrected chi connectivity index (χ2v) is 4.64. The van der Waals surface area contributed by atoms with Gasteiger partial charge in [-0.05, 0) is 24.3 Å². The fourth-order valence-corrected chi connectivity index (χ4v) is 1.94. The first-order valence-electron chi connectivity index (χ1n) is 6.13. The summed E-state index contributed by atoms with van der Waals surface area (Å²) in [6, 6.07) is 6.99. The fraction of sp³-hybridized carbons (Fsp3) is 0.308. The van der Waals surface area contributed by atoms with Crippen LogP contribution in [0.1, 0.15) is 25.5 Å². The predicted octanol–water partition coefficient (Wildman–Crippen LogP) is 2.49. The molecule has 2 aromatic rings. The number of hydrogen-bond donors (Lipinski definition) is 1. The molecule has 0 fully saturated rings. The Bertz CT molecular complexity index is 632. The number of benzene rings is 1. The lowest BCUT2D eigenvalue weighted by Crippen LogP contribution is -2.03. The van der Waals surface area contributed by atoms with E-state index in [0.717, 1.165) is 0 Å². The SMILES string of the molecule is COc1ccc(-n2nc(C(C)C)c([N+](=O)[O-])c2N)cc1.